The molecule has 0 aliphatic rings. The highest BCUT2D eigenvalue weighted by molar-refractivity contribution is 5.96. The van der Waals surface area contributed by atoms with Crippen LogP contribution < -0.4 is 5.73 Å². The smallest absolute Gasteiger partial charge is 0.313 e. The second kappa shape index (κ2) is 7.50. The number of carbonyl (C=O) groups excluding carboxylic acids is 2. The van der Waals surface area contributed by atoms with Crippen LogP contribution >= 0.6 is 12.4 Å². The Morgan fingerprint density at radius 2 is 2.00 bits per heavy atom. The normalized spacial score (nSPS) is 8.18. The van der Waals surface area contributed by atoms with Crippen molar-refractivity contribution < 1.29 is 14.3 Å². The SMILES string of the molecule is CCOC(=O)CC(=O)CN.Cl. The lowest BCUT2D eigenvalue weighted by Gasteiger charge is -1.97. The van der Waals surface area contributed by atoms with E-state index in [2.05, 4.69) is 4.74 Å². The van der Waals surface area contributed by atoms with Gasteiger partial charge in [0, 0.05) is 0 Å². The van der Waals surface area contributed by atoms with Gasteiger partial charge in [-0.1, -0.05) is 0 Å². The van der Waals surface area contributed by atoms with Gasteiger partial charge in [-0.15, -0.1) is 12.4 Å². The zero-order chi connectivity index (χ0) is 7.98. The summed E-state index contributed by atoms with van der Waals surface area (Å²) in [5.74, 6) is -0.795. The molecular formula is C6H12ClNO3. The number of Topliss-reactive ketones (excluding diaryl/α,β-unsaturated/α-hetero) is 1. The number of rotatable bonds is 4. The summed E-state index contributed by atoms with van der Waals surface area (Å²) in [6.45, 7) is 1.89. The number of hydrogen-bond acceptors (Lipinski definition) is 4. The molecule has 4 nitrogen and oxygen atoms in total. The lowest BCUT2D eigenvalue weighted by Crippen LogP contribution is -2.18. The molecule has 0 rings (SSSR count). The second-order valence-electron chi connectivity index (χ2n) is 1.72. The number of ketones is 1. The predicted octanol–water partition coefficient (Wildman–Crippen LogP) is -0.111. The van der Waals surface area contributed by atoms with E-state index < -0.39 is 5.97 Å². The first kappa shape index (κ1) is 13.0. The van der Waals surface area contributed by atoms with Crippen molar-refractivity contribution in [2.24, 2.45) is 5.73 Å². The Balaban J connectivity index is 0. The molecule has 0 aromatic heterocycles. The molecule has 0 radical (unpaired) electrons. The van der Waals surface area contributed by atoms with Gasteiger partial charge in [0.2, 0.25) is 0 Å². The van der Waals surface area contributed by atoms with Gasteiger partial charge in [-0.05, 0) is 6.92 Å². The third-order valence-corrected chi connectivity index (χ3v) is 0.875. The van der Waals surface area contributed by atoms with Crippen LogP contribution in [-0.4, -0.2) is 24.9 Å². The quantitative estimate of drug-likeness (QED) is 0.485. The first-order valence-electron chi connectivity index (χ1n) is 3.08. The van der Waals surface area contributed by atoms with Gasteiger partial charge < -0.3 is 10.5 Å². The topological polar surface area (TPSA) is 69.4 Å². The summed E-state index contributed by atoms with van der Waals surface area (Å²) in [5.41, 5.74) is 4.96. The van der Waals surface area contributed by atoms with E-state index in [1.165, 1.54) is 0 Å². The first-order chi connectivity index (χ1) is 4.70. The minimum atomic E-state index is -0.502. The average molecular weight is 182 g/mol. The Labute approximate surface area is 71.5 Å². The fourth-order valence-electron chi connectivity index (χ4n) is 0.445. The maximum atomic E-state index is 10.5. The maximum absolute atomic E-state index is 10.5. The van der Waals surface area contributed by atoms with Gasteiger partial charge in [-0.25, -0.2) is 0 Å². The van der Waals surface area contributed by atoms with Gasteiger partial charge >= 0.3 is 5.97 Å². The molecule has 0 unspecified atom stereocenters. The highest BCUT2D eigenvalue weighted by Gasteiger charge is 2.06. The lowest BCUT2D eigenvalue weighted by molar-refractivity contribution is -0.145. The van der Waals surface area contributed by atoms with Crippen molar-refractivity contribution in [3.8, 4) is 0 Å². The van der Waals surface area contributed by atoms with Crippen molar-refractivity contribution in [3.05, 3.63) is 0 Å². The molecule has 0 saturated heterocycles. The summed E-state index contributed by atoms with van der Waals surface area (Å²) in [6.07, 6.45) is -0.204. The minimum Gasteiger partial charge on any atom is -0.466 e. The van der Waals surface area contributed by atoms with Crippen LogP contribution in [0.25, 0.3) is 0 Å². The van der Waals surface area contributed by atoms with E-state index in [0.717, 1.165) is 0 Å². The first-order valence-corrected chi connectivity index (χ1v) is 3.08. The third kappa shape index (κ3) is 7.29. The van der Waals surface area contributed by atoms with Crippen LogP contribution in [0.15, 0.2) is 0 Å². The molecule has 0 heterocycles. The maximum Gasteiger partial charge on any atom is 0.313 e. The van der Waals surface area contributed by atoms with Crippen molar-refractivity contribution in [2.75, 3.05) is 13.2 Å². The Bertz CT molecular complexity index is 138. The highest BCUT2D eigenvalue weighted by atomic mass is 35.5. The predicted molar refractivity (Wildman–Crippen MR) is 42.6 cm³/mol. The monoisotopic (exact) mass is 181 g/mol. The fourth-order valence-corrected chi connectivity index (χ4v) is 0.445. The van der Waals surface area contributed by atoms with Gasteiger partial charge in [0.15, 0.2) is 5.78 Å². The number of carbonyl (C=O) groups is 2. The summed E-state index contributed by atoms with van der Waals surface area (Å²) in [4.78, 5) is 21.0. The Hall–Kier alpha value is -0.610. The molecule has 66 valence electrons. The van der Waals surface area contributed by atoms with E-state index in [1.54, 1.807) is 6.92 Å². The summed E-state index contributed by atoms with van der Waals surface area (Å²) in [6, 6.07) is 0. The minimum absolute atomic E-state index is 0. The van der Waals surface area contributed by atoms with Crippen LogP contribution in [0.3, 0.4) is 0 Å². The molecule has 0 aromatic rings. The van der Waals surface area contributed by atoms with Crippen molar-refractivity contribution in [1.29, 1.82) is 0 Å². The molecule has 0 fully saturated rings. The number of esters is 1. The molecule has 0 bridgehead atoms. The van der Waals surface area contributed by atoms with Crippen LogP contribution in [0.4, 0.5) is 0 Å². The second-order valence-corrected chi connectivity index (χ2v) is 1.72. The standard InChI is InChI=1S/C6H11NO3.ClH/c1-2-10-6(9)3-5(8)4-7;/h2-4,7H2,1H3;1H. The van der Waals surface area contributed by atoms with Crippen LogP contribution in [0.1, 0.15) is 13.3 Å². The average Bonchev–Trinajstić information content (AvgIpc) is 1.88. The van der Waals surface area contributed by atoms with Crippen LogP contribution in [0.2, 0.25) is 0 Å². The van der Waals surface area contributed by atoms with E-state index in [1.807, 2.05) is 0 Å². The van der Waals surface area contributed by atoms with E-state index in [-0.39, 0.29) is 31.2 Å². The van der Waals surface area contributed by atoms with Crippen molar-refractivity contribution >= 4 is 24.2 Å². The molecule has 0 spiro atoms. The number of nitrogens with two attached hydrogens (primary N) is 1. The molecule has 0 atom stereocenters. The molecule has 5 heteroatoms. The zero-order valence-corrected chi connectivity index (χ0v) is 7.15. The summed E-state index contributed by atoms with van der Waals surface area (Å²) in [5, 5.41) is 0. The van der Waals surface area contributed by atoms with E-state index >= 15 is 0 Å². The van der Waals surface area contributed by atoms with Gasteiger partial charge in [-0.3, -0.25) is 9.59 Å². The summed E-state index contributed by atoms with van der Waals surface area (Å²) in [7, 11) is 0. The van der Waals surface area contributed by atoms with Crippen molar-refractivity contribution in [2.45, 2.75) is 13.3 Å². The molecule has 2 N–H and O–H groups in total. The van der Waals surface area contributed by atoms with Crippen LogP contribution in [0.5, 0.6) is 0 Å². The third-order valence-electron chi connectivity index (χ3n) is 0.875. The van der Waals surface area contributed by atoms with E-state index in [9.17, 15) is 9.59 Å². The van der Waals surface area contributed by atoms with Crippen molar-refractivity contribution in [3.63, 3.8) is 0 Å². The van der Waals surface area contributed by atoms with Gasteiger partial charge in [0.1, 0.15) is 6.42 Å². The van der Waals surface area contributed by atoms with Crippen molar-refractivity contribution in [1.82, 2.24) is 0 Å². The summed E-state index contributed by atoms with van der Waals surface area (Å²) >= 11 is 0. The molecule has 0 amide bonds. The molecule has 11 heavy (non-hydrogen) atoms. The Morgan fingerprint density at radius 1 is 1.45 bits per heavy atom. The molecule has 0 aliphatic carbocycles. The highest BCUT2D eigenvalue weighted by Crippen LogP contribution is 1.86. The van der Waals surface area contributed by atoms with E-state index in [4.69, 9.17) is 5.73 Å². The molecule has 0 saturated carbocycles. The number of ether oxygens (including phenoxy) is 1. The van der Waals surface area contributed by atoms with Crippen LogP contribution in [-0.2, 0) is 14.3 Å². The molecule has 0 aliphatic heterocycles. The van der Waals surface area contributed by atoms with Gasteiger partial charge in [-0.2, -0.15) is 0 Å². The Morgan fingerprint density at radius 3 is 2.36 bits per heavy atom. The number of halogens is 1. The van der Waals surface area contributed by atoms with Gasteiger partial charge in [0.25, 0.3) is 0 Å². The Kier molecular flexibility index (Phi) is 8.87. The van der Waals surface area contributed by atoms with Gasteiger partial charge in [0.05, 0.1) is 13.2 Å². The molecule has 0 aromatic carbocycles. The zero-order valence-electron chi connectivity index (χ0n) is 6.33. The summed E-state index contributed by atoms with van der Waals surface area (Å²) < 4.78 is 4.50. The van der Waals surface area contributed by atoms with Crippen LogP contribution in [0, 0.1) is 0 Å². The van der Waals surface area contributed by atoms with E-state index in [0.29, 0.717) is 6.61 Å². The largest absolute Gasteiger partial charge is 0.466 e. The lowest BCUT2D eigenvalue weighted by atomic mass is 10.3. The fraction of sp³-hybridized carbons (Fsp3) is 0.667. The molecular weight excluding hydrogens is 170 g/mol. The number of hydrogen-bond donors (Lipinski definition) is 1.